The van der Waals surface area contributed by atoms with E-state index in [1.165, 1.54) is 0 Å². The first-order valence-electron chi connectivity index (χ1n) is 7.65. The van der Waals surface area contributed by atoms with Gasteiger partial charge in [-0.2, -0.15) is 0 Å². The standard InChI is InChI=1S/2C7H17O3P/c2*1-6(2)5-11(8,9)10-7(3)4/h2*6-7H,5H2,1-4H3,(H,8,9)/p-1. The summed E-state index contributed by atoms with van der Waals surface area (Å²) in [6.07, 6.45) is -0.0437. The Hall–Kier alpha value is 0.300. The van der Waals surface area contributed by atoms with Gasteiger partial charge in [0.1, 0.15) is 7.60 Å². The quantitative estimate of drug-likeness (QED) is 0.661. The van der Waals surface area contributed by atoms with Crippen molar-refractivity contribution in [1.82, 2.24) is 0 Å². The average molecular weight is 359 g/mol. The van der Waals surface area contributed by atoms with E-state index >= 15 is 0 Å². The van der Waals surface area contributed by atoms with Crippen molar-refractivity contribution < 1.29 is 28.0 Å². The molecule has 1 N–H and O–H groups in total. The zero-order valence-corrected chi connectivity index (χ0v) is 16.9. The van der Waals surface area contributed by atoms with Crippen LogP contribution in [0.2, 0.25) is 0 Å². The van der Waals surface area contributed by atoms with Crippen LogP contribution in [-0.2, 0) is 18.2 Å². The first kappa shape index (κ1) is 24.6. The Balaban J connectivity index is 0. The van der Waals surface area contributed by atoms with Crippen LogP contribution in [0.4, 0.5) is 0 Å². The van der Waals surface area contributed by atoms with E-state index in [4.69, 9.17) is 9.05 Å². The van der Waals surface area contributed by atoms with Gasteiger partial charge in [0.05, 0.1) is 18.4 Å². The number of rotatable bonds is 8. The number of hydrogen-bond acceptors (Lipinski definition) is 5. The van der Waals surface area contributed by atoms with Gasteiger partial charge in [-0.05, 0) is 39.5 Å². The molecule has 0 saturated heterocycles. The second-order valence-corrected chi connectivity index (χ2v) is 10.4. The second kappa shape index (κ2) is 11.0. The van der Waals surface area contributed by atoms with Gasteiger partial charge in [-0.25, -0.2) is 0 Å². The molecule has 0 amide bonds. The van der Waals surface area contributed by atoms with Gasteiger partial charge in [0, 0.05) is 6.16 Å². The van der Waals surface area contributed by atoms with E-state index < -0.39 is 15.2 Å². The fraction of sp³-hybridized carbons (Fsp3) is 1.00. The molecule has 0 spiro atoms. The Morgan fingerprint density at radius 2 is 1.18 bits per heavy atom. The van der Waals surface area contributed by atoms with Crippen molar-refractivity contribution >= 4 is 15.2 Å². The van der Waals surface area contributed by atoms with Crippen LogP contribution in [0.1, 0.15) is 55.4 Å². The second-order valence-electron chi connectivity index (χ2n) is 6.71. The molecule has 0 aromatic carbocycles. The predicted molar refractivity (Wildman–Crippen MR) is 89.3 cm³/mol. The molecule has 0 aromatic heterocycles. The van der Waals surface area contributed by atoms with Crippen molar-refractivity contribution in [2.75, 3.05) is 12.3 Å². The molecule has 0 fully saturated rings. The van der Waals surface area contributed by atoms with Gasteiger partial charge < -0.3 is 23.4 Å². The molecule has 0 heterocycles. The SMILES string of the molecule is CC(C)CP(=O)(O)OC(C)C.CC(C)CP(=O)([O-])OC(C)C. The van der Waals surface area contributed by atoms with Gasteiger partial charge >= 0.3 is 7.60 Å². The Labute approximate surface area is 135 Å². The van der Waals surface area contributed by atoms with Crippen LogP contribution >= 0.6 is 15.2 Å². The van der Waals surface area contributed by atoms with Crippen LogP contribution in [0.15, 0.2) is 0 Å². The van der Waals surface area contributed by atoms with Crippen LogP contribution in [-0.4, -0.2) is 29.4 Å². The summed E-state index contributed by atoms with van der Waals surface area (Å²) in [6.45, 7) is 14.4. The average Bonchev–Trinajstić information content (AvgIpc) is 2.06. The minimum atomic E-state index is -3.55. The van der Waals surface area contributed by atoms with E-state index in [1.54, 1.807) is 27.7 Å². The van der Waals surface area contributed by atoms with Crippen LogP contribution in [0.3, 0.4) is 0 Å². The summed E-state index contributed by atoms with van der Waals surface area (Å²) in [5.74, 6) is 0.335. The van der Waals surface area contributed by atoms with Gasteiger partial charge in [-0.15, -0.1) is 0 Å². The molecule has 136 valence electrons. The molecule has 0 aliphatic rings. The van der Waals surface area contributed by atoms with Gasteiger partial charge in [-0.1, -0.05) is 27.7 Å². The highest BCUT2D eigenvalue weighted by atomic mass is 31.2. The molecule has 6 nitrogen and oxygen atoms in total. The lowest BCUT2D eigenvalue weighted by atomic mass is 10.3. The normalized spacial score (nSPS) is 17.4. The maximum atomic E-state index is 11.2. The first-order valence-corrected chi connectivity index (χ1v) is 11.1. The van der Waals surface area contributed by atoms with Crippen molar-refractivity contribution in [2.24, 2.45) is 11.8 Å². The predicted octanol–water partition coefficient (Wildman–Crippen LogP) is 3.87. The smallest absolute Gasteiger partial charge is 0.328 e. The maximum Gasteiger partial charge on any atom is 0.328 e. The zero-order chi connectivity index (χ0) is 18.1. The number of hydrogen-bond donors (Lipinski definition) is 1. The Morgan fingerprint density at radius 1 is 0.818 bits per heavy atom. The summed E-state index contributed by atoms with van der Waals surface area (Å²) < 4.78 is 31.8. The van der Waals surface area contributed by atoms with Crippen LogP contribution in [0.5, 0.6) is 0 Å². The first-order chi connectivity index (χ1) is 9.67. The molecule has 2 atom stereocenters. The fourth-order valence-electron chi connectivity index (χ4n) is 1.65. The molecule has 0 aliphatic carbocycles. The third-order valence-corrected chi connectivity index (χ3v) is 5.79. The Morgan fingerprint density at radius 3 is 1.45 bits per heavy atom. The summed E-state index contributed by atoms with van der Waals surface area (Å²) >= 11 is 0. The molecule has 0 aliphatic heterocycles. The summed E-state index contributed by atoms with van der Waals surface area (Å²) in [7, 11) is -6.86. The molecule has 0 rings (SSSR count). The molecule has 0 radical (unpaired) electrons. The van der Waals surface area contributed by atoms with Crippen molar-refractivity contribution in [1.29, 1.82) is 0 Å². The van der Waals surface area contributed by atoms with E-state index in [1.807, 2.05) is 27.7 Å². The highest BCUT2D eigenvalue weighted by molar-refractivity contribution is 7.52. The van der Waals surface area contributed by atoms with Gasteiger partial charge in [0.2, 0.25) is 0 Å². The van der Waals surface area contributed by atoms with Crippen LogP contribution in [0, 0.1) is 11.8 Å². The third kappa shape index (κ3) is 18.3. The molecular formula is C14H33O6P2-. The van der Waals surface area contributed by atoms with Crippen LogP contribution < -0.4 is 4.89 Å². The Bertz CT molecular complexity index is 316. The minimum absolute atomic E-state index is 0.130. The summed E-state index contributed by atoms with van der Waals surface area (Å²) in [5.41, 5.74) is 0. The van der Waals surface area contributed by atoms with E-state index in [2.05, 4.69) is 0 Å². The lowest BCUT2D eigenvalue weighted by Crippen LogP contribution is -2.15. The van der Waals surface area contributed by atoms with Crippen molar-refractivity contribution in [3.05, 3.63) is 0 Å². The van der Waals surface area contributed by atoms with Crippen LogP contribution in [0.25, 0.3) is 0 Å². The summed E-state index contributed by atoms with van der Waals surface area (Å²) in [5, 5.41) is 0. The largest absolute Gasteiger partial charge is 0.778 e. The lowest BCUT2D eigenvalue weighted by molar-refractivity contribution is -0.201. The van der Waals surface area contributed by atoms with Gasteiger partial charge in [0.25, 0.3) is 0 Å². The summed E-state index contributed by atoms with van der Waals surface area (Å²) in [4.78, 5) is 20.2. The minimum Gasteiger partial charge on any atom is -0.778 e. The molecule has 8 heteroatoms. The molecule has 0 aromatic rings. The molecule has 0 bridgehead atoms. The maximum absolute atomic E-state index is 11.2. The van der Waals surface area contributed by atoms with Gasteiger partial charge in [-0.3, -0.25) is 4.57 Å². The summed E-state index contributed by atoms with van der Waals surface area (Å²) in [6, 6.07) is 0. The van der Waals surface area contributed by atoms with Crippen molar-refractivity contribution in [2.45, 2.75) is 67.6 Å². The highest BCUT2D eigenvalue weighted by Gasteiger charge is 2.22. The monoisotopic (exact) mass is 359 g/mol. The van der Waals surface area contributed by atoms with Crippen molar-refractivity contribution in [3.8, 4) is 0 Å². The van der Waals surface area contributed by atoms with E-state index in [0.29, 0.717) is 0 Å². The highest BCUT2D eigenvalue weighted by Crippen LogP contribution is 2.44. The third-order valence-electron chi connectivity index (χ3n) is 1.93. The van der Waals surface area contributed by atoms with E-state index in [0.717, 1.165) is 0 Å². The molecule has 2 unspecified atom stereocenters. The fourth-order valence-corrected chi connectivity index (χ4v) is 4.94. The van der Waals surface area contributed by atoms with Crippen molar-refractivity contribution in [3.63, 3.8) is 0 Å². The molecule has 0 saturated carbocycles. The topological polar surface area (TPSA) is 95.9 Å². The zero-order valence-electron chi connectivity index (χ0n) is 15.1. The lowest BCUT2D eigenvalue weighted by Gasteiger charge is -2.26. The molecule has 22 heavy (non-hydrogen) atoms. The van der Waals surface area contributed by atoms with Gasteiger partial charge in [0.15, 0.2) is 0 Å². The molecular weight excluding hydrogens is 326 g/mol. The Kier molecular flexibility index (Phi) is 12.2. The van der Waals surface area contributed by atoms with E-state index in [-0.39, 0.29) is 36.4 Å². The van der Waals surface area contributed by atoms with E-state index in [9.17, 15) is 18.9 Å².